The number of pyridine rings is 1. The van der Waals surface area contributed by atoms with Crippen molar-refractivity contribution in [3.8, 4) is 0 Å². The summed E-state index contributed by atoms with van der Waals surface area (Å²) in [6.07, 6.45) is 11.8. The van der Waals surface area contributed by atoms with Crippen molar-refractivity contribution in [1.82, 2.24) is 10.3 Å². The average Bonchev–Trinajstić information content (AvgIpc) is 3.27. The van der Waals surface area contributed by atoms with E-state index in [-0.39, 0.29) is 5.91 Å². The van der Waals surface area contributed by atoms with Crippen LogP contribution in [0.1, 0.15) is 61.9 Å². The highest BCUT2D eigenvalue weighted by atomic mass is 16.2. The van der Waals surface area contributed by atoms with E-state index in [1.165, 1.54) is 38.5 Å². The predicted molar refractivity (Wildman–Crippen MR) is 79.8 cm³/mol. The van der Waals surface area contributed by atoms with Crippen LogP contribution in [0.15, 0.2) is 18.3 Å². The third-order valence-electron chi connectivity index (χ3n) is 4.13. The summed E-state index contributed by atoms with van der Waals surface area (Å²) in [7, 11) is 0. The summed E-state index contributed by atoms with van der Waals surface area (Å²) in [6, 6.07) is 4.73. The van der Waals surface area contributed by atoms with Gasteiger partial charge in [0.25, 0.3) is 5.91 Å². The SMILES string of the molecule is O=C(NC1CC1)c1ccc(NC2CCCCCC2)cn1. The first-order chi connectivity index (χ1) is 9.81. The summed E-state index contributed by atoms with van der Waals surface area (Å²) in [5.41, 5.74) is 1.54. The normalized spacial score (nSPS) is 20.2. The van der Waals surface area contributed by atoms with E-state index in [1.807, 2.05) is 12.1 Å². The number of amides is 1. The Bertz CT molecular complexity index is 445. The van der Waals surface area contributed by atoms with Crippen LogP contribution in [0, 0.1) is 0 Å². The summed E-state index contributed by atoms with van der Waals surface area (Å²) < 4.78 is 0. The van der Waals surface area contributed by atoms with Gasteiger partial charge in [-0.2, -0.15) is 0 Å². The summed E-state index contributed by atoms with van der Waals surface area (Å²) >= 11 is 0. The third kappa shape index (κ3) is 3.71. The molecule has 20 heavy (non-hydrogen) atoms. The van der Waals surface area contributed by atoms with Gasteiger partial charge in [0.1, 0.15) is 5.69 Å². The van der Waals surface area contributed by atoms with Gasteiger partial charge >= 0.3 is 0 Å². The maximum absolute atomic E-state index is 11.8. The standard InChI is InChI=1S/C16H23N3O/c20-16(19-13-7-8-13)15-10-9-14(11-17-15)18-12-5-3-1-2-4-6-12/h9-13,18H,1-8H2,(H,19,20). The largest absolute Gasteiger partial charge is 0.381 e. The van der Waals surface area contributed by atoms with E-state index in [9.17, 15) is 4.79 Å². The molecule has 2 aliphatic carbocycles. The molecule has 0 aliphatic heterocycles. The topological polar surface area (TPSA) is 54.0 Å². The first-order valence-corrected chi connectivity index (χ1v) is 7.85. The van der Waals surface area contributed by atoms with Crippen LogP contribution < -0.4 is 10.6 Å². The molecule has 2 N–H and O–H groups in total. The summed E-state index contributed by atoms with van der Waals surface area (Å²) in [5.74, 6) is -0.0477. The van der Waals surface area contributed by atoms with Crippen LogP contribution in [0.2, 0.25) is 0 Å². The molecule has 2 aliphatic rings. The Kier molecular flexibility index (Phi) is 4.19. The predicted octanol–water partition coefficient (Wildman–Crippen LogP) is 3.11. The molecule has 3 rings (SSSR count). The number of anilines is 1. The van der Waals surface area contributed by atoms with Crippen LogP contribution in [0.3, 0.4) is 0 Å². The Hall–Kier alpha value is -1.58. The Balaban J connectivity index is 1.55. The Morgan fingerprint density at radius 2 is 1.75 bits per heavy atom. The minimum atomic E-state index is -0.0477. The maximum Gasteiger partial charge on any atom is 0.270 e. The number of hydrogen-bond donors (Lipinski definition) is 2. The van der Waals surface area contributed by atoms with Crippen molar-refractivity contribution in [1.29, 1.82) is 0 Å². The molecule has 0 atom stereocenters. The molecule has 1 aromatic heterocycles. The molecule has 1 heterocycles. The van der Waals surface area contributed by atoms with Crippen LogP contribution in [0.4, 0.5) is 5.69 Å². The molecule has 2 fully saturated rings. The number of nitrogens with zero attached hydrogens (tertiary/aromatic N) is 1. The molecular formula is C16H23N3O. The van der Waals surface area contributed by atoms with Crippen LogP contribution in [0.25, 0.3) is 0 Å². The molecule has 0 spiro atoms. The highest BCUT2D eigenvalue weighted by Crippen LogP contribution is 2.21. The van der Waals surface area contributed by atoms with Gasteiger partial charge in [-0.05, 0) is 37.8 Å². The van der Waals surface area contributed by atoms with E-state index in [0.29, 0.717) is 17.8 Å². The summed E-state index contributed by atoms with van der Waals surface area (Å²) in [5, 5.41) is 6.50. The lowest BCUT2D eigenvalue weighted by molar-refractivity contribution is 0.0946. The van der Waals surface area contributed by atoms with Crippen LogP contribution in [-0.4, -0.2) is 23.0 Å². The zero-order valence-corrected chi connectivity index (χ0v) is 11.9. The molecular weight excluding hydrogens is 250 g/mol. The minimum Gasteiger partial charge on any atom is -0.381 e. The van der Waals surface area contributed by atoms with E-state index in [0.717, 1.165) is 18.5 Å². The lowest BCUT2D eigenvalue weighted by Gasteiger charge is -2.17. The lowest BCUT2D eigenvalue weighted by Crippen LogP contribution is -2.26. The van der Waals surface area contributed by atoms with Crippen molar-refractivity contribution < 1.29 is 4.79 Å². The zero-order chi connectivity index (χ0) is 13.8. The van der Waals surface area contributed by atoms with Crippen molar-refractivity contribution in [3.63, 3.8) is 0 Å². The van der Waals surface area contributed by atoms with Crippen molar-refractivity contribution in [3.05, 3.63) is 24.0 Å². The monoisotopic (exact) mass is 273 g/mol. The van der Waals surface area contributed by atoms with Gasteiger partial charge in [0.2, 0.25) is 0 Å². The van der Waals surface area contributed by atoms with E-state index in [2.05, 4.69) is 15.6 Å². The summed E-state index contributed by atoms with van der Waals surface area (Å²) in [4.78, 5) is 16.1. The molecule has 1 amide bonds. The number of hydrogen-bond acceptors (Lipinski definition) is 3. The third-order valence-corrected chi connectivity index (χ3v) is 4.13. The quantitative estimate of drug-likeness (QED) is 0.829. The number of rotatable bonds is 4. The van der Waals surface area contributed by atoms with E-state index in [1.54, 1.807) is 6.20 Å². The second-order valence-electron chi connectivity index (χ2n) is 6.01. The average molecular weight is 273 g/mol. The molecule has 4 nitrogen and oxygen atoms in total. The van der Waals surface area contributed by atoms with Crippen molar-refractivity contribution in [2.24, 2.45) is 0 Å². The smallest absolute Gasteiger partial charge is 0.270 e. The van der Waals surface area contributed by atoms with Gasteiger partial charge in [-0.25, -0.2) is 4.98 Å². The van der Waals surface area contributed by atoms with Gasteiger partial charge in [0.15, 0.2) is 0 Å². The number of nitrogens with one attached hydrogen (secondary N) is 2. The van der Waals surface area contributed by atoms with Gasteiger partial charge in [0.05, 0.1) is 11.9 Å². The van der Waals surface area contributed by atoms with Gasteiger partial charge < -0.3 is 10.6 Å². The van der Waals surface area contributed by atoms with Gasteiger partial charge in [-0.1, -0.05) is 25.7 Å². The molecule has 4 heteroatoms. The molecule has 0 radical (unpaired) electrons. The van der Waals surface area contributed by atoms with Crippen LogP contribution >= 0.6 is 0 Å². The van der Waals surface area contributed by atoms with Crippen molar-refractivity contribution in [2.75, 3.05) is 5.32 Å². The molecule has 1 aromatic rings. The second kappa shape index (κ2) is 6.25. The van der Waals surface area contributed by atoms with Gasteiger partial charge in [-0.3, -0.25) is 4.79 Å². The first kappa shape index (κ1) is 13.4. The van der Waals surface area contributed by atoms with Crippen LogP contribution in [0.5, 0.6) is 0 Å². The minimum absolute atomic E-state index is 0.0477. The molecule has 2 saturated carbocycles. The fourth-order valence-electron chi connectivity index (χ4n) is 2.76. The van der Waals surface area contributed by atoms with E-state index < -0.39 is 0 Å². The highest BCUT2D eigenvalue weighted by molar-refractivity contribution is 5.92. The second-order valence-corrected chi connectivity index (χ2v) is 6.01. The Morgan fingerprint density at radius 3 is 2.35 bits per heavy atom. The highest BCUT2D eigenvalue weighted by Gasteiger charge is 2.24. The van der Waals surface area contributed by atoms with Crippen LogP contribution in [-0.2, 0) is 0 Å². The maximum atomic E-state index is 11.8. The lowest BCUT2D eigenvalue weighted by atomic mass is 10.1. The number of aromatic nitrogens is 1. The van der Waals surface area contributed by atoms with Crippen molar-refractivity contribution >= 4 is 11.6 Å². The Labute approximate surface area is 120 Å². The molecule has 0 saturated heterocycles. The Morgan fingerprint density at radius 1 is 1.00 bits per heavy atom. The molecule has 0 bridgehead atoms. The van der Waals surface area contributed by atoms with E-state index in [4.69, 9.17) is 0 Å². The molecule has 0 unspecified atom stereocenters. The van der Waals surface area contributed by atoms with Gasteiger partial charge in [0, 0.05) is 12.1 Å². The number of carbonyl (C=O) groups is 1. The van der Waals surface area contributed by atoms with Crippen molar-refractivity contribution in [2.45, 2.75) is 63.5 Å². The fourth-order valence-corrected chi connectivity index (χ4v) is 2.76. The first-order valence-electron chi connectivity index (χ1n) is 7.85. The zero-order valence-electron chi connectivity index (χ0n) is 11.9. The summed E-state index contributed by atoms with van der Waals surface area (Å²) in [6.45, 7) is 0. The molecule has 0 aromatic carbocycles. The van der Waals surface area contributed by atoms with Gasteiger partial charge in [-0.15, -0.1) is 0 Å². The fraction of sp³-hybridized carbons (Fsp3) is 0.625. The number of carbonyl (C=O) groups excluding carboxylic acids is 1. The molecule has 108 valence electrons. The van der Waals surface area contributed by atoms with E-state index >= 15 is 0 Å².